The van der Waals surface area contributed by atoms with E-state index in [1.54, 1.807) is 6.07 Å². The zero-order valence-corrected chi connectivity index (χ0v) is 18.2. The molecule has 1 aromatic rings. The number of carbonyl (C=O) groups excluding carboxylic acids is 1. The Morgan fingerprint density at radius 1 is 1.24 bits per heavy atom. The van der Waals surface area contributed by atoms with Crippen LogP contribution in [-0.2, 0) is 9.53 Å². The van der Waals surface area contributed by atoms with Crippen molar-refractivity contribution in [1.82, 2.24) is 15.6 Å². The molecule has 1 fully saturated rings. The fraction of sp³-hybridized carbons (Fsp3) is 0.682. The molecule has 2 rings (SSSR count). The lowest BCUT2D eigenvalue weighted by atomic mass is 9.83. The predicted molar refractivity (Wildman–Crippen MR) is 118 cm³/mol. The van der Waals surface area contributed by atoms with Gasteiger partial charge in [0.2, 0.25) is 5.91 Å². The van der Waals surface area contributed by atoms with Crippen molar-refractivity contribution >= 4 is 17.7 Å². The molecule has 1 amide bonds. The number of anilines is 1. The second kappa shape index (κ2) is 12.4. The first kappa shape index (κ1) is 23.1. The first-order valence-corrected chi connectivity index (χ1v) is 10.9. The van der Waals surface area contributed by atoms with E-state index in [-0.39, 0.29) is 11.3 Å². The summed E-state index contributed by atoms with van der Waals surface area (Å²) in [6, 6.07) is 5.59. The van der Waals surface area contributed by atoms with Crippen LogP contribution in [0, 0.1) is 12.3 Å². The van der Waals surface area contributed by atoms with Gasteiger partial charge in [-0.15, -0.1) is 0 Å². The summed E-state index contributed by atoms with van der Waals surface area (Å²) in [6.45, 7) is 9.68. The number of aryl methyl sites for hydroxylation is 1. The molecule has 0 radical (unpaired) electrons. The molecule has 0 atom stereocenters. The van der Waals surface area contributed by atoms with Gasteiger partial charge >= 0.3 is 0 Å². The van der Waals surface area contributed by atoms with E-state index in [0.29, 0.717) is 18.8 Å². The van der Waals surface area contributed by atoms with Gasteiger partial charge in [0.15, 0.2) is 5.96 Å². The summed E-state index contributed by atoms with van der Waals surface area (Å²) in [7, 11) is 0. The molecule has 0 aromatic carbocycles. The number of hydrogen-bond donors (Lipinski definition) is 3. The number of amides is 1. The van der Waals surface area contributed by atoms with Crippen molar-refractivity contribution in [2.24, 2.45) is 10.4 Å². The minimum atomic E-state index is -0.0598. The fourth-order valence-electron chi connectivity index (χ4n) is 3.75. The van der Waals surface area contributed by atoms with E-state index in [4.69, 9.17) is 9.73 Å². The maximum Gasteiger partial charge on any atom is 0.227 e. The molecule has 0 unspecified atom stereocenters. The van der Waals surface area contributed by atoms with Crippen molar-refractivity contribution in [3.8, 4) is 0 Å². The van der Waals surface area contributed by atoms with E-state index in [9.17, 15) is 4.79 Å². The van der Waals surface area contributed by atoms with Gasteiger partial charge in [0, 0.05) is 45.0 Å². The summed E-state index contributed by atoms with van der Waals surface area (Å²) in [6.07, 6.45) is 6.41. The lowest BCUT2D eigenvalue weighted by Gasteiger charge is -2.27. The minimum Gasteiger partial charge on any atom is -0.382 e. The fourth-order valence-corrected chi connectivity index (χ4v) is 3.75. The number of nitrogens with zero attached hydrogens (tertiary/aromatic N) is 2. The van der Waals surface area contributed by atoms with Crippen molar-refractivity contribution < 1.29 is 9.53 Å². The van der Waals surface area contributed by atoms with Gasteiger partial charge in [0.05, 0.1) is 0 Å². The molecule has 1 aliphatic rings. The SMILES string of the molecule is CCNC(=NCC1(CCOCC)CCCC1)NCCC(=O)Nc1cccc(C)n1. The predicted octanol–water partition coefficient (Wildman–Crippen LogP) is 3.26. The van der Waals surface area contributed by atoms with E-state index in [1.165, 1.54) is 25.7 Å². The maximum absolute atomic E-state index is 12.2. The molecule has 0 saturated heterocycles. The summed E-state index contributed by atoms with van der Waals surface area (Å²) < 4.78 is 5.59. The summed E-state index contributed by atoms with van der Waals surface area (Å²) in [5.74, 6) is 1.31. The van der Waals surface area contributed by atoms with Gasteiger partial charge in [0.1, 0.15) is 5.82 Å². The average molecular weight is 404 g/mol. The number of guanidine groups is 1. The van der Waals surface area contributed by atoms with Crippen LogP contribution in [0.5, 0.6) is 0 Å². The third-order valence-electron chi connectivity index (χ3n) is 5.36. The largest absolute Gasteiger partial charge is 0.382 e. The summed E-state index contributed by atoms with van der Waals surface area (Å²) >= 11 is 0. The highest BCUT2D eigenvalue weighted by Gasteiger charge is 2.33. The van der Waals surface area contributed by atoms with Crippen molar-refractivity contribution in [1.29, 1.82) is 0 Å². The molecule has 1 saturated carbocycles. The van der Waals surface area contributed by atoms with Gasteiger partial charge in [-0.1, -0.05) is 18.9 Å². The van der Waals surface area contributed by atoms with Gasteiger partial charge in [-0.3, -0.25) is 9.79 Å². The van der Waals surface area contributed by atoms with Crippen molar-refractivity contribution in [3.63, 3.8) is 0 Å². The summed E-state index contributed by atoms with van der Waals surface area (Å²) in [4.78, 5) is 21.3. The molecule has 0 bridgehead atoms. The Bertz CT molecular complexity index is 656. The van der Waals surface area contributed by atoms with Gasteiger partial charge < -0.3 is 20.7 Å². The molecule has 7 nitrogen and oxygen atoms in total. The Morgan fingerprint density at radius 3 is 2.72 bits per heavy atom. The molecule has 7 heteroatoms. The van der Waals surface area contributed by atoms with E-state index < -0.39 is 0 Å². The number of hydrogen-bond acceptors (Lipinski definition) is 4. The topological polar surface area (TPSA) is 87.6 Å². The summed E-state index contributed by atoms with van der Waals surface area (Å²) in [5.41, 5.74) is 1.14. The highest BCUT2D eigenvalue weighted by atomic mass is 16.5. The monoisotopic (exact) mass is 403 g/mol. The third kappa shape index (κ3) is 8.40. The molecule has 29 heavy (non-hydrogen) atoms. The van der Waals surface area contributed by atoms with E-state index in [0.717, 1.165) is 44.4 Å². The Morgan fingerprint density at radius 2 is 2.03 bits per heavy atom. The van der Waals surface area contributed by atoms with Crippen LogP contribution in [0.1, 0.15) is 58.1 Å². The van der Waals surface area contributed by atoms with Crippen LogP contribution in [0.3, 0.4) is 0 Å². The maximum atomic E-state index is 12.2. The molecular formula is C22H37N5O2. The molecular weight excluding hydrogens is 366 g/mol. The molecule has 162 valence electrons. The van der Waals surface area contributed by atoms with Crippen LogP contribution in [0.25, 0.3) is 0 Å². The molecule has 1 heterocycles. The molecule has 3 N–H and O–H groups in total. The number of nitrogens with one attached hydrogen (secondary N) is 3. The highest BCUT2D eigenvalue weighted by Crippen LogP contribution is 2.41. The van der Waals surface area contributed by atoms with Gasteiger partial charge in [-0.25, -0.2) is 4.98 Å². The Kier molecular flexibility index (Phi) is 9.91. The number of ether oxygens (including phenoxy) is 1. The first-order valence-electron chi connectivity index (χ1n) is 10.9. The standard InChI is InChI=1S/C22H37N5O2/c1-4-23-21(25-17-22(12-6-7-13-22)14-16-29-5-2)24-15-11-20(28)27-19-10-8-9-18(3)26-19/h8-10H,4-7,11-17H2,1-3H3,(H2,23,24,25)(H,26,27,28). The van der Waals surface area contributed by atoms with Crippen LogP contribution in [0.4, 0.5) is 5.82 Å². The summed E-state index contributed by atoms with van der Waals surface area (Å²) in [5, 5.41) is 9.40. The molecule has 0 aliphatic heterocycles. The van der Waals surface area contributed by atoms with Gasteiger partial charge in [0.25, 0.3) is 0 Å². The van der Waals surface area contributed by atoms with Crippen LogP contribution in [0.2, 0.25) is 0 Å². The number of aliphatic imine (C=N–C) groups is 1. The van der Waals surface area contributed by atoms with Crippen LogP contribution < -0.4 is 16.0 Å². The van der Waals surface area contributed by atoms with Crippen LogP contribution >= 0.6 is 0 Å². The zero-order valence-electron chi connectivity index (χ0n) is 18.2. The number of rotatable bonds is 11. The van der Waals surface area contributed by atoms with Gasteiger partial charge in [-0.2, -0.15) is 0 Å². The van der Waals surface area contributed by atoms with Gasteiger partial charge in [-0.05, 0) is 57.6 Å². The quantitative estimate of drug-likeness (QED) is 0.300. The minimum absolute atomic E-state index is 0.0598. The third-order valence-corrected chi connectivity index (χ3v) is 5.36. The Labute approximate surface area is 175 Å². The molecule has 1 aromatic heterocycles. The number of aromatic nitrogens is 1. The highest BCUT2D eigenvalue weighted by molar-refractivity contribution is 5.90. The van der Waals surface area contributed by atoms with Crippen LogP contribution in [-0.4, -0.2) is 49.7 Å². The first-order chi connectivity index (χ1) is 14.1. The normalized spacial score (nSPS) is 15.9. The van der Waals surface area contributed by atoms with Crippen LogP contribution in [0.15, 0.2) is 23.2 Å². The van der Waals surface area contributed by atoms with E-state index >= 15 is 0 Å². The molecule has 0 spiro atoms. The lowest BCUT2D eigenvalue weighted by molar-refractivity contribution is -0.116. The smallest absolute Gasteiger partial charge is 0.227 e. The number of pyridine rings is 1. The van der Waals surface area contributed by atoms with Crippen molar-refractivity contribution in [2.45, 2.75) is 59.3 Å². The Balaban J connectivity index is 1.82. The lowest BCUT2D eigenvalue weighted by Crippen LogP contribution is -2.39. The zero-order chi connectivity index (χ0) is 21.0. The average Bonchev–Trinajstić information content (AvgIpc) is 3.15. The second-order valence-electron chi connectivity index (χ2n) is 7.74. The van der Waals surface area contributed by atoms with Crippen molar-refractivity contribution in [3.05, 3.63) is 23.9 Å². The Hall–Kier alpha value is -2.15. The number of carbonyl (C=O) groups is 1. The second-order valence-corrected chi connectivity index (χ2v) is 7.74. The van der Waals surface area contributed by atoms with Crippen molar-refractivity contribution in [2.75, 3.05) is 38.2 Å². The van der Waals surface area contributed by atoms with E-state index in [1.807, 2.05) is 32.9 Å². The van der Waals surface area contributed by atoms with E-state index in [2.05, 4.69) is 20.9 Å². The molecule has 1 aliphatic carbocycles.